The highest BCUT2D eigenvalue weighted by atomic mass is 35.5. The van der Waals surface area contributed by atoms with Crippen molar-refractivity contribution in [3.05, 3.63) is 46.6 Å². The molecule has 8 heteroatoms. The average molecular weight is 374 g/mol. The molecule has 0 bridgehead atoms. The van der Waals surface area contributed by atoms with Crippen molar-refractivity contribution >= 4 is 50.4 Å². The standard InChI is InChI=1S/C15H17Cl2N3O2S/c1-2-3-8-23(21,22)20-15-7-5-12(10-18-15)19-14-6-4-11(16)9-13(14)17/h4-7,9-10,19H,2-3,8H2,1H3,(H,18,20). The summed E-state index contributed by atoms with van der Waals surface area (Å²) in [6.45, 7) is 1.94. The Labute approximate surface area is 146 Å². The number of sulfonamides is 1. The van der Waals surface area contributed by atoms with Gasteiger partial charge in [0.2, 0.25) is 10.0 Å². The molecule has 0 atom stereocenters. The smallest absolute Gasteiger partial charge is 0.233 e. The van der Waals surface area contributed by atoms with Gasteiger partial charge in [-0.2, -0.15) is 0 Å². The first-order valence-electron chi connectivity index (χ1n) is 7.08. The average Bonchev–Trinajstić information content (AvgIpc) is 2.50. The number of nitrogens with one attached hydrogen (secondary N) is 2. The molecule has 0 unspecified atom stereocenters. The van der Waals surface area contributed by atoms with Gasteiger partial charge >= 0.3 is 0 Å². The summed E-state index contributed by atoms with van der Waals surface area (Å²) in [7, 11) is -3.35. The summed E-state index contributed by atoms with van der Waals surface area (Å²) < 4.78 is 26.1. The van der Waals surface area contributed by atoms with Crippen LogP contribution in [0, 0.1) is 0 Å². The minimum Gasteiger partial charge on any atom is -0.353 e. The second kappa shape index (κ2) is 7.86. The van der Waals surface area contributed by atoms with E-state index in [1.165, 1.54) is 6.20 Å². The zero-order valence-electron chi connectivity index (χ0n) is 12.5. The van der Waals surface area contributed by atoms with Crippen molar-refractivity contribution in [1.29, 1.82) is 0 Å². The van der Waals surface area contributed by atoms with E-state index >= 15 is 0 Å². The highest BCUT2D eigenvalue weighted by molar-refractivity contribution is 7.92. The lowest BCUT2D eigenvalue weighted by molar-refractivity contribution is 0.597. The summed E-state index contributed by atoms with van der Waals surface area (Å²) in [5.74, 6) is 0.375. The molecular formula is C15H17Cl2N3O2S. The molecule has 0 amide bonds. The first kappa shape index (κ1) is 17.8. The Balaban J connectivity index is 2.05. The summed E-state index contributed by atoms with van der Waals surface area (Å²) in [5.41, 5.74) is 1.37. The summed E-state index contributed by atoms with van der Waals surface area (Å²) in [4.78, 5) is 4.09. The van der Waals surface area contributed by atoms with Crippen molar-refractivity contribution in [2.24, 2.45) is 0 Å². The largest absolute Gasteiger partial charge is 0.353 e. The Bertz CT molecular complexity index is 765. The molecule has 5 nitrogen and oxygen atoms in total. The Morgan fingerprint density at radius 2 is 1.96 bits per heavy atom. The number of pyridine rings is 1. The molecule has 0 fully saturated rings. The van der Waals surface area contributed by atoms with Crippen LogP contribution in [0.15, 0.2) is 36.5 Å². The Hall–Kier alpha value is -1.50. The maximum absolute atomic E-state index is 11.8. The molecule has 0 radical (unpaired) electrons. The van der Waals surface area contributed by atoms with Gasteiger partial charge in [0.25, 0.3) is 0 Å². The van der Waals surface area contributed by atoms with Gasteiger partial charge in [0.05, 0.1) is 28.3 Å². The van der Waals surface area contributed by atoms with Crippen LogP contribution in [0.3, 0.4) is 0 Å². The summed E-state index contributed by atoms with van der Waals surface area (Å²) >= 11 is 11.9. The van der Waals surface area contributed by atoms with Crippen LogP contribution < -0.4 is 10.0 Å². The highest BCUT2D eigenvalue weighted by Crippen LogP contribution is 2.28. The minimum atomic E-state index is -3.35. The molecule has 0 aliphatic carbocycles. The van der Waals surface area contributed by atoms with E-state index in [1.807, 2.05) is 6.92 Å². The number of aromatic nitrogens is 1. The van der Waals surface area contributed by atoms with E-state index in [0.717, 1.165) is 6.42 Å². The van der Waals surface area contributed by atoms with Crippen LogP contribution in [0.5, 0.6) is 0 Å². The van der Waals surface area contributed by atoms with E-state index < -0.39 is 10.0 Å². The number of benzene rings is 1. The molecule has 2 aromatic rings. The van der Waals surface area contributed by atoms with Gasteiger partial charge in [-0.15, -0.1) is 0 Å². The maximum atomic E-state index is 11.8. The van der Waals surface area contributed by atoms with Crippen LogP contribution in [0.25, 0.3) is 0 Å². The molecule has 0 saturated heterocycles. The predicted molar refractivity (Wildman–Crippen MR) is 96.3 cm³/mol. The lowest BCUT2D eigenvalue weighted by atomic mass is 10.3. The fourth-order valence-electron chi connectivity index (χ4n) is 1.82. The Kier molecular flexibility index (Phi) is 6.10. The molecule has 0 saturated carbocycles. The van der Waals surface area contributed by atoms with Crippen LogP contribution in [0.4, 0.5) is 17.2 Å². The van der Waals surface area contributed by atoms with Gasteiger partial charge in [0.1, 0.15) is 5.82 Å². The lowest BCUT2D eigenvalue weighted by Gasteiger charge is -2.10. The first-order valence-corrected chi connectivity index (χ1v) is 9.49. The van der Waals surface area contributed by atoms with E-state index in [1.54, 1.807) is 30.3 Å². The first-order chi connectivity index (χ1) is 10.9. The van der Waals surface area contributed by atoms with Gasteiger partial charge in [0.15, 0.2) is 0 Å². The maximum Gasteiger partial charge on any atom is 0.233 e. The molecule has 0 spiro atoms. The van der Waals surface area contributed by atoms with E-state index in [0.29, 0.717) is 27.8 Å². The molecule has 2 N–H and O–H groups in total. The Morgan fingerprint density at radius 1 is 1.17 bits per heavy atom. The zero-order valence-corrected chi connectivity index (χ0v) is 14.8. The number of nitrogens with zero attached hydrogens (tertiary/aromatic N) is 1. The molecule has 23 heavy (non-hydrogen) atoms. The van der Waals surface area contributed by atoms with Crippen LogP contribution in [-0.2, 0) is 10.0 Å². The highest BCUT2D eigenvalue weighted by Gasteiger charge is 2.10. The molecule has 1 aromatic carbocycles. The summed E-state index contributed by atoms with van der Waals surface area (Å²) in [6, 6.07) is 8.42. The van der Waals surface area contributed by atoms with Gasteiger partial charge in [-0.3, -0.25) is 4.72 Å². The van der Waals surface area contributed by atoms with Crippen molar-refractivity contribution in [3.8, 4) is 0 Å². The van der Waals surface area contributed by atoms with Crippen LogP contribution >= 0.6 is 23.2 Å². The molecule has 2 rings (SSSR count). The van der Waals surface area contributed by atoms with Gasteiger partial charge in [-0.05, 0) is 36.8 Å². The molecule has 0 aliphatic heterocycles. The third-order valence-corrected chi connectivity index (χ3v) is 4.89. The number of rotatable bonds is 7. The quantitative estimate of drug-likeness (QED) is 0.739. The van der Waals surface area contributed by atoms with Crippen molar-refractivity contribution in [3.63, 3.8) is 0 Å². The van der Waals surface area contributed by atoms with E-state index in [2.05, 4.69) is 15.0 Å². The van der Waals surface area contributed by atoms with Gasteiger partial charge in [0, 0.05) is 5.02 Å². The normalized spacial score (nSPS) is 11.3. The van der Waals surface area contributed by atoms with Crippen molar-refractivity contribution < 1.29 is 8.42 Å². The van der Waals surface area contributed by atoms with Crippen molar-refractivity contribution in [2.75, 3.05) is 15.8 Å². The van der Waals surface area contributed by atoms with Gasteiger partial charge < -0.3 is 5.32 Å². The summed E-state index contributed by atoms with van der Waals surface area (Å²) in [5, 5.41) is 4.13. The molecular weight excluding hydrogens is 357 g/mol. The Morgan fingerprint density at radius 3 is 2.57 bits per heavy atom. The topological polar surface area (TPSA) is 71.1 Å². The molecule has 0 aliphatic rings. The third-order valence-electron chi connectivity index (χ3n) is 3.00. The number of hydrogen-bond acceptors (Lipinski definition) is 4. The molecule has 1 heterocycles. The van der Waals surface area contributed by atoms with Crippen molar-refractivity contribution in [1.82, 2.24) is 4.98 Å². The second-order valence-electron chi connectivity index (χ2n) is 4.96. The van der Waals surface area contributed by atoms with Crippen LogP contribution in [0.2, 0.25) is 10.0 Å². The summed E-state index contributed by atoms with van der Waals surface area (Å²) in [6.07, 6.45) is 2.96. The zero-order chi connectivity index (χ0) is 16.9. The molecule has 124 valence electrons. The fourth-order valence-corrected chi connectivity index (χ4v) is 3.49. The van der Waals surface area contributed by atoms with Gasteiger partial charge in [-0.25, -0.2) is 13.4 Å². The lowest BCUT2D eigenvalue weighted by Crippen LogP contribution is -2.17. The second-order valence-corrected chi connectivity index (χ2v) is 7.64. The van der Waals surface area contributed by atoms with E-state index in [-0.39, 0.29) is 11.6 Å². The SMILES string of the molecule is CCCCS(=O)(=O)Nc1ccc(Nc2ccc(Cl)cc2Cl)cn1. The van der Waals surface area contributed by atoms with Gasteiger partial charge in [-0.1, -0.05) is 36.5 Å². The van der Waals surface area contributed by atoms with Crippen LogP contribution in [-0.4, -0.2) is 19.2 Å². The number of anilines is 3. The number of unbranched alkanes of at least 4 members (excludes halogenated alkanes) is 1. The molecule has 1 aromatic heterocycles. The monoisotopic (exact) mass is 373 g/mol. The number of halogens is 2. The predicted octanol–water partition coefficient (Wildman–Crippen LogP) is 4.67. The fraction of sp³-hybridized carbons (Fsp3) is 0.267. The van der Waals surface area contributed by atoms with E-state index in [4.69, 9.17) is 23.2 Å². The number of hydrogen-bond donors (Lipinski definition) is 2. The van der Waals surface area contributed by atoms with E-state index in [9.17, 15) is 8.42 Å². The van der Waals surface area contributed by atoms with Crippen molar-refractivity contribution in [2.45, 2.75) is 19.8 Å². The van der Waals surface area contributed by atoms with Crippen LogP contribution in [0.1, 0.15) is 19.8 Å². The minimum absolute atomic E-state index is 0.0889. The third kappa shape index (κ3) is 5.57.